The summed E-state index contributed by atoms with van der Waals surface area (Å²) in [4.78, 5) is 14.3. The highest BCUT2D eigenvalue weighted by Gasteiger charge is 2.20. The summed E-state index contributed by atoms with van der Waals surface area (Å²) in [5, 5.41) is 8.60. The van der Waals surface area contributed by atoms with Crippen molar-refractivity contribution in [2.75, 3.05) is 7.11 Å². The van der Waals surface area contributed by atoms with Crippen LogP contribution in [0.1, 0.15) is 23.2 Å². The number of ether oxygens (including phenoxy) is 1. The van der Waals surface area contributed by atoms with Crippen LogP contribution in [0.15, 0.2) is 6.07 Å². The van der Waals surface area contributed by atoms with E-state index in [0.29, 0.717) is 0 Å². The van der Waals surface area contributed by atoms with E-state index in [4.69, 9.17) is 9.84 Å². The topological polar surface area (TPSA) is 59.4 Å². The number of carboxylic acid groups (broad SMARTS) is 1. The molecule has 0 fully saturated rings. The maximum Gasteiger partial charge on any atom is 0.309 e. The zero-order valence-electron chi connectivity index (χ0n) is 8.83. The second kappa shape index (κ2) is 4.87. The summed E-state index contributed by atoms with van der Waals surface area (Å²) < 4.78 is 30.2. The van der Waals surface area contributed by atoms with Crippen LogP contribution in [0, 0.1) is 6.92 Å². The fourth-order valence-corrected chi connectivity index (χ4v) is 1.40. The number of aliphatic carboxylic acids is 1. The molecule has 1 aromatic rings. The summed E-state index contributed by atoms with van der Waals surface area (Å²) in [6.45, 7) is 1.47. The second-order valence-electron chi connectivity index (χ2n) is 3.21. The Balaban J connectivity index is 3.28. The van der Waals surface area contributed by atoms with Crippen LogP contribution in [-0.2, 0) is 11.2 Å². The number of hydrogen-bond acceptors (Lipinski definition) is 3. The molecule has 0 saturated carbocycles. The van der Waals surface area contributed by atoms with Crippen molar-refractivity contribution in [1.29, 1.82) is 0 Å². The summed E-state index contributed by atoms with van der Waals surface area (Å²) in [7, 11) is 1.34. The van der Waals surface area contributed by atoms with Crippen molar-refractivity contribution in [1.82, 2.24) is 4.98 Å². The number of hydrogen-bond donors (Lipinski definition) is 1. The van der Waals surface area contributed by atoms with Gasteiger partial charge < -0.3 is 9.84 Å². The lowest BCUT2D eigenvalue weighted by Gasteiger charge is -2.11. The van der Waals surface area contributed by atoms with Crippen LogP contribution in [0.3, 0.4) is 0 Å². The van der Waals surface area contributed by atoms with Crippen LogP contribution >= 0.6 is 0 Å². The lowest BCUT2D eigenvalue weighted by Crippen LogP contribution is -2.09. The average molecular weight is 231 g/mol. The predicted octanol–water partition coefficient (Wildman–Crippen LogP) is 1.96. The highest BCUT2D eigenvalue weighted by molar-refractivity contribution is 5.70. The SMILES string of the molecule is COc1cc(C)c(C(F)F)c(CC(=O)O)n1. The molecule has 88 valence electrons. The summed E-state index contributed by atoms with van der Waals surface area (Å²) in [5.74, 6) is -1.07. The highest BCUT2D eigenvalue weighted by Crippen LogP contribution is 2.28. The van der Waals surface area contributed by atoms with Crippen molar-refractivity contribution < 1.29 is 23.4 Å². The van der Waals surface area contributed by atoms with Gasteiger partial charge in [-0.1, -0.05) is 0 Å². The molecule has 0 aromatic carbocycles. The molecule has 0 amide bonds. The van der Waals surface area contributed by atoms with E-state index in [2.05, 4.69) is 4.98 Å². The first kappa shape index (κ1) is 12.4. The number of aromatic nitrogens is 1. The second-order valence-corrected chi connectivity index (χ2v) is 3.21. The Bertz CT molecular complexity index is 407. The number of carboxylic acids is 1. The van der Waals surface area contributed by atoms with E-state index in [1.807, 2.05) is 0 Å². The molecule has 0 bridgehead atoms. The third kappa shape index (κ3) is 2.65. The van der Waals surface area contributed by atoms with Crippen molar-refractivity contribution in [2.24, 2.45) is 0 Å². The predicted molar refractivity (Wildman–Crippen MR) is 51.8 cm³/mol. The standard InChI is InChI=1S/C10H11F2NO3/c1-5-3-7(16-2)13-6(4-8(14)15)9(5)10(11)12/h3,10H,4H2,1-2H3,(H,14,15). The Morgan fingerprint density at radius 1 is 1.62 bits per heavy atom. The monoisotopic (exact) mass is 231 g/mol. The Morgan fingerprint density at radius 2 is 2.25 bits per heavy atom. The minimum atomic E-state index is -2.74. The van der Waals surface area contributed by atoms with Gasteiger partial charge in [-0.15, -0.1) is 0 Å². The average Bonchev–Trinajstić information content (AvgIpc) is 2.14. The molecule has 16 heavy (non-hydrogen) atoms. The molecule has 4 nitrogen and oxygen atoms in total. The van der Waals surface area contributed by atoms with Gasteiger partial charge in [0.25, 0.3) is 6.43 Å². The molecule has 0 aliphatic heterocycles. The molecule has 0 atom stereocenters. The number of aryl methyl sites for hydroxylation is 1. The first-order valence-electron chi connectivity index (χ1n) is 4.50. The third-order valence-electron chi connectivity index (χ3n) is 2.07. The number of methoxy groups -OCH3 is 1. The van der Waals surface area contributed by atoms with E-state index in [1.54, 1.807) is 0 Å². The van der Waals surface area contributed by atoms with Gasteiger partial charge in [-0.2, -0.15) is 0 Å². The molecular formula is C10H11F2NO3. The van der Waals surface area contributed by atoms with Crippen LogP contribution < -0.4 is 4.74 Å². The first-order chi connectivity index (χ1) is 7.45. The zero-order chi connectivity index (χ0) is 12.3. The number of rotatable bonds is 4. The number of carbonyl (C=O) groups is 1. The Hall–Kier alpha value is -1.72. The number of alkyl halides is 2. The molecule has 0 spiro atoms. The molecular weight excluding hydrogens is 220 g/mol. The van der Waals surface area contributed by atoms with Crippen LogP contribution in [0.25, 0.3) is 0 Å². The number of pyridine rings is 1. The maximum absolute atomic E-state index is 12.7. The van der Waals surface area contributed by atoms with Gasteiger partial charge in [0.15, 0.2) is 0 Å². The summed E-state index contributed by atoms with van der Waals surface area (Å²) in [5.41, 5.74) is -0.208. The molecule has 0 radical (unpaired) electrons. The molecule has 1 heterocycles. The van der Waals surface area contributed by atoms with Crippen LogP contribution in [0.5, 0.6) is 5.88 Å². The quantitative estimate of drug-likeness (QED) is 0.860. The largest absolute Gasteiger partial charge is 0.481 e. The van der Waals surface area contributed by atoms with E-state index in [1.165, 1.54) is 20.1 Å². The zero-order valence-corrected chi connectivity index (χ0v) is 8.83. The smallest absolute Gasteiger partial charge is 0.309 e. The summed E-state index contributed by atoms with van der Waals surface area (Å²) in [6.07, 6.45) is -3.29. The van der Waals surface area contributed by atoms with Gasteiger partial charge in [-0.3, -0.25) is 4.79 Å². The molecule has 0 saturated heterocycles. The van der Waals surface area contributed by atoms with Gasteiger partial charge in [0.1, 0.15) is 0 Å². The van der Waals surface area contributed by atoms with Crippen molar-refractivity contribution in [3.05, 3.63) is 22.9 Å². The van der Waals surface area contributed by atoms with Crippen molar-refractivity contribution in [3.63, 3.8) is 0 Å². The lowest BCUT2D eigenvalue weighted by molar-refractivity contribution is -0.136. The fraction of sp³-hybridized carbons (Fsp3) is 0.400. The Labute approximate surface area is 90.9 Å². The third-order valence-corrected chi connectivity index (χ3v) is 2.07. The minimum absolute atomic E-state index is 0.137. The van der Waals surface area contributed by atoms with Gasteiger partial charge in [0, 0.05) is 11.6 Å². The first-order valence-corrected chi connectivity index (χ1v) is 4.50. The molecule has 0 aliphatic carbocycles. The number of halogens is 2. The van der Waals surface area contributed by atoms with Gasteiger partial charge in [0.2, 0.25) is 5.88 Å². The Morgan fingerprint density at radius 3 is 2.69 bits per heavy atom. The maximum atomic E-state index is 12.7. The van der Waals surface area contributed by atoms with Crippen molar-refractivity contribution in [2.45, 2.75) is 19.8 Å². The molecule has 0 unspecified atom stereocenters. The molecule has 1 N–H and O–H groups in total. The van der Waals surface area contributed by atoms with E-state index in [0.717, 1.165) is 0 Å². The van der Waals surface area contributed by atoms with Crippen LogP contribution in [-0.4, -0.2) is 23.2 Å². The van der Waals surface area contributed by atoms with E-state index in [9.17, 15) is 13.6 Å². The summed E-state index contributed by atoms with van der Waals surface area (Å²) in [6, 6.07) is 1.35. The van der Waals surface area contributed by atoms with Gasteiger partial charge in [-0.25, -0.2) is 13.8 Å². The molecule has 1 aromatic heterocycles. The van der Waals surface area contributed by atoms with Gasteiger partial charge >= 0.3 is 5.97 Å². The van der Waals surface area contributed by atoms with E-state index >= 15 is 0 Å². The minimum Gasteiger partial charge on any atom is -0.481 e. The lowest BCUT2D eigenvalue weighted by atomic mass is 10.1. The van der Waals surface area contributed by atoms with E-state index < -0.39 is 18.8 Å². The highest BCUT2D eigenvalue weighted by atomic mass is 19.3. The number of nitrogens with zero attached hydrogens (tertiary/aromatic N) is 1. The normalized spacial score (nSPS) is 10.6. The summed E-state index contributed by atoms with van der Waals surface area (Å²) >= 11 is 0. The van der Waals surface area contributed by atoms with Crippen LogP contribution in [0.2, 0.25) is 0 Å². The van der Waals surface area contributed by atoms with E-state index in [-0.39, 0.29) is 22.7 Å². The Kier molecular flexibility index (Phi) is 3.76. The molecule has 0 aliphatic rings. The van der Waals surface area contributed by atoms with Gasteiger partial charge in [0.05, 0.1) is 19.2 Å². The van der Waals surface area contributed by atoms with Crippen molar-refractivity contribution in [3.8, 4) is 5.88 Å². The van der Waals surface area contributed by atoms with Gasteiger partial charge in [-0.05, 0) is 12.5 Å². The fourth-order valence-electron chi connectivity index (χ4n) is 1.40. The van der Waals surface area contributed by atoms with Crippen LogP contribution in [0.4, 0.5) is 8.78 Å². The molecule has 6 heteroatoms. The molecule has 1 rings (SSSR count). The van der Waals surface area contributed by atoms with Crippen molar-refractivity contribution >= 4 is 5.97 Å².